The maximum absolute atomic E-state index is 12.7. The van der Waals surface area contributed by atoms with Crippen LogP contribution in [0.15, 0.2) is 29.2 Å². The number of nitrogens with zero attached hydrogens (tertiary/aromatic N) is 1. The van der Waals surface area contributed by atoms with Gasteiger partial charge in [0.2, 0.25) is 5.91 Å². The standard InChI is InChI=1S/C23H34N2O2S/c1-25(19-12-6-3-7-13-19)22(26)17-28-21-15-9-8-14-20(21)23(27)24-16-18-10-4-2-5-11-18/h8-9,14-15,18-19H,2-7,10-13,16-17H2,1H3,(H,24,27). The minimum absolute atomic E-state index is 0.0123. The van der Waals surface area contributed by atoms with Crippen LogP contribution in [0.5, 0.6) is 0 Å². The maximum atomic E-state index is 12.7. The summed E-state index contributed by atoms with van der Waals surface area (Å²) in [5.74, 6) is 1.15. The number of hydrogen-bond acceptors (Lipinski definition) is 3. The van der Waals surface area contributed by atoms with Crippen molar-refractivity contribution in [3.8, 4) is 0 Å². The molecule has 3 rings (SSSR count). The lowest BCUT2D eigenvalue weighted by Gasteiger charge is -2.31. The Morgan fingerprint density at radius 2 is 1.64 bits per heavy atom. The predicted molar refractivity (Wildman–Crippen MR) is 116 cm³/mol. The van der Waals surface area contributed by atoms with Gasteiger partial charge in [-0.25, -0.2) is 0 Å². The fourth-order valence-electron chi connectivity index (χ4n) is 4.42. The topological polar surface area (TPSA) is 49.4 Å². The van der Waals surface area contributed by atoms with Gasteiger partial charge in [-0.1, -0.05) is 50.7 Å². The van der Waals surface area contributed by atoms with Crippen molar-refractivity contribution < 1.29 is 9.59 Å². The van der Waals surface area contributed by atoms with Gasteiger partial charge in [0.25, 0.3) is 5.91 Å². The van der Waals surface area contributed by atoms with Crippen molar-refractivity contribution >= 4 is 23.6 Å². The molecule has 1 aromatic carbocycles. The van der Waals surface area contributed by atoms with E-state index in [0.717, 1.165) is 24.3 Å². The van der Waals surface area contributed by atoms with Crippen LogP contribution in [0.2, 0.25) is 0 Å². The number of carbonyl (C=O) groups excluding carboxylic acids is 2. The molecule has 0 atom stereocenters. The van der Waals surface area contributed by atoms with E-state index in [4.69, 9.17) is 0 Å². The number of thioether (sulfide) groups is 1. The second-order valence-electron chi connectivity index (χ2n) is 8.30. The van der Waals surface area contributed by atoms with E-state index in [2.05, 4.69) is 5.32 Å². The quantitative estimate of drug-likeness (QED) is 0.661. The van der Waals surface area contributed by atoms with Gasteiger partial charge in [0.05, 0.1) is 11.3 Å². The number of amides is 2. The molecule has 0 saturated heterocycles. The first-order chi connectivity index (χ1) is 13.6. The summed E-state index contributed by atoms with van der Waals surface area (Å²) in [4.78, 5) is 28.2. The smallest absolute Gasteiger partial charge is 0.252 e. The van der Waals surface area contributed by atoms with Gasteiger partial charge in [-0.3, -0.25) is 9.59 Å². The molecule has 0 radical (unpaired) electrons. The molecule has 4 nitrogen and oxygen atoms in total. The Morgan fingerprint density at radius 3 is 2.36 bits per heavy atom. The van der Waals surface area contributed by atoms with E-state index in [-0.39, 0.29) is 11.8 Å². The third kappa shape index (κ3) is 6.00. The molecule has 0 heterocycles. The minimum Gasteiger partial charge on any atom is -0.352 e. The molecular weight excluding hydrogens is 368 g/mol. The summed E-state index contributed by atoms with van der Waals surface area (Å²) in [5.41, 5.74) is 0.691. The van der Waals surface area contributed by atoms with Gasteiger partial charge in [-0.15, -0.1) is 11.8 Å². The lowest BCUT2D eigenvalue weighted by atomic mass is 9.89. The van der Waals surface area contributed by atoms with Crippen molar-refractivity contribution in [2.45, 2.75) is 75.1 Å². The summed E-state index contributed by atoms with van der Waals surface area (Å²) in [7, 11) is 1.93. The van der Waals surface area contributed by atoms with Crippen LogP contribution in [0.25, 0.3) is 0 Å². The highest BCUT2D eigenvalue weighted by Crippen LogP contribution is 2.26. The van der Waals surface area contributed by atoms with Crippen molar-refractivity contribution in [2.75, 3.05) is 19.3 Å². The van der Waals surface area contributed by atoms with Crippen LogP contribution in [0.4, 0.5) is 0 Å². The average molecular weight is 403 g/mol. The SMILES string of the molecule is CN(C(=O)CSc1ccccc1C(=O)NCC1CCCCC1)C1CCCCC1. The maximum Gasteiger partial charge on any atom is 0.252 e. The van der Waals surface area contributed by atoms with E-state index in [1.807, 2.05) is 36.2 Å². The molecule has 0 aliphatic heterocycles. The van der Waals surface area contributed by atoms with E-state index < -0.39 is 0 Å². The number of rotatable bonds is 7. The van der Waals surface area contributed by atoms with E-state index in [0.29, 0.717) is 23.3 Å². The zero-order valence-electron chi connectivity index (χ0n) is 17.1. The van der Waals surface area contributed by atoms with E-state index >= 15 is 0 Å². The van der Waals surface area contributed by atoms with Crippen molar-refractivity contribution in [2.24, 2.45) is 5.92 Å². The van der Waals surface area contributed by atoms with Crippen LogP contribution in [-0.2, 0) is 4.79 Å². The molecule has 28 heavy (non-hydrogen) atoms. The summed E-state index contributed by atoms with van der Waals surface area (Å²) in [6.07, 6.45) is 12.3. The average Bonchev–Trinajstić information content (AvgIpc) is 2.76. The highest BCUT2D eigenvalue weighted by Gasteiger charge is 2.23. The molecule has 2 aliphatic carbocycles. The van der Waals surface area contributed by atoms with Crippen LogP contribution >= 0.6 is 11.8 Å². The molecule has 1 N–H and O–H groups in total. The number of carbonyl (C=O) groups is 2. The Labute approximate surface area is 173 Å². The Morgan fingerprint density at radius 1 is 1.00 bits per heavy atom. The van der Waals surface area contributed by atoms with Gasteiger partial charge >= 0.3 is 0 Å². The molecule has 0 aromatic heterocycles. The fraction of sp³-hybridized carbons (Fsp3) is 0.652. The second kappa shape index (κ2) is 10.9. The fourth-order valence-corrected chi connectivity index (χ4v) is 5.39. The molecule has 2 saturated carbocycles. The largest absolute Gasteiger partial charge is 0.352 e. The Kier molecular flexibility index (Phi) is 8.26. The Balaban J connectivity index is 1.52. The lowest BCUT2D eigenvalue weighted by Crippen LogP contribution is -2.39. The lowest BCUT2D eigenvalue weighted by molar-refractivity contribution is -0.129. The van der Waals surface area contributed by atoms with Gasteiger partial charge in [0.15, 0.2) is 0 Å². The zero-order valence-corrected chi connectivity index (χ0v) is 17.9. The van der Waals surface area contributed by atoms with Crippen molar-refractivity contribution in [1.82, 2.24) is 10.2 Å². The first kappa shape index (κ1) is 21.2. The summed E-state index contributed by atoms with van der Waals surface area (Å²) in [6, 6.07) is 8.04. The summed E-state index contributed by atoms with van der Waals surface area (Å²) < 4.78 is 0. The van der Waals surface area contributed by atoms with Crippen LogP contribution in [0.1, 0.15) is 74.6 Å². The van der Waals surface area contributed by atoms with Crippen LogP contribution in [0.3, 0.4) is 0 Å². The highest BCUT2D eigenvalue weighted by atomic mass is 32.2. The van der Waals surface area contributed by atoms with E-state index in [9.17, 15) is 9.59 Å². The molecule has 5 heteroatoms. The van der Waals surface area contributed by atoms with Crippen LogP contribution in [-0.4, -0.2) is 42.1 Å². The molecule has 0 spiro atoms. The first-order valence-corrected chi connectivity index (χ1v) is 11.9. The summed E-state index contributed by atoms with van der Waals surface area (Å²) >= 11 is 1.49. The van der Waals surface area contributed by atoms with Crippen molar-refractivity contribution in [3.63, 3.8) is 0 Å². The summed E-state index contributed by atoms with van der Waals surface area (Å²) in [6.45, 7) is 0.765. The van der Waals surface area contributed by atoms with Gasteiger partial charge in [-0.05, 0) is 43.7 Å². The molecule has 0 bridgehead atoms. The number of hydrogen-bond donors (Lipinski definition) is 1. The van der Waals surface area contributed by atoms with Crippen molar-refractivity contribution in [1.29, 1.82) is 0 Å². The summed E-state index contributed by atoms with van der Waals surface area (Å²) in [5, 5.41) is 3.12. The van der Waals surface area contributed by atoms with Crippen molar-refractivity contribution in [3.05, 3.63) is 29.8 Å². The normalized spacial score (nSPS) is 18.6. The van der Waals surface area contributed by atoms with Crippen LogP contribution in [0, 0.1) is 5.92 Å². The molecule has 0 unspecified atom stereocenters. The second-order valence-corrected chi connectivity index (χ2v) is 9.31. The van der Waals surface area contributed by atoms with Gasteiger partial charge < -0.3 is 10.2 Å². The third-order valence-electron chi connectivity index (χ3n) is 6.27. The molecular formula is C23H34N2O2S. The zero-order chi connectivity index (χ0) is 19.8. The van der Waals surface area contributed by atoms with Gasteiger partial charge in [0.1, 0.15) is 0 Å². The van der Waals surface area contributed by atoms with E-state index in [1.54, 1.807) is 0 Å². The molecule has 2 fully saturated rings. The minimum atomic E-state index is -0.0123. The number of nitrogens with one attached hydrogen (secondary N) is 1. The third-order valence-corrected chi connectivity index (χ3v) is 7.33. The van der Waals surface area contributed by atoms with Crippen LogP contribution < -0.4 is 5.32 Å². The number of benzene rings is 1. The predicted octanol–water partition coefficient (Wildman–Crippen LogP) is 4.88. The monoisotopic (exact) mass is 402 g/mol. The Hall–Kier alpha value is -1.49. The van der Waals surface area contributed by atoms with Gasteiger partial charge in [-0.2, -0.15) is 0 Å². The molecule has 2 amide bonds. The van der Waals surface area contributed by atoms with Gasteiger partial charge in [0, 0.05) is 24.5 Å². The van der Waals surface area contributed by atoms with E-state index in [1.165, 1.54) is 63.1 Å². The molecule has 154 valence electrons. The first-order valence-electron chi connectivity index (χ1n) is 10.9. The molecule has 1 aromatic rings. The molecule has 2 aliphatic rings. The highest BCUT2D eigenvalue weighted by molar-refractivity contribution is 8.00. The Bertz CT molecular complexity index is 652.